The van der Waals surface area contributed by atoms with E-state index in [0.29, 0.717) is 5.56 Å². The van der Waals surface area contributed by atoms with Crippen LogP contribution in [0.4, 0.5) is 8.78 Å². The SMILES string of the molecule is CC(C)Cn1c(=O)c(C(=O)NC2CC2)c(O)n2ncc(C=CC(=O)N3CCC(C(F)F)C3)c12. The molecule has 2 aromatic rings. The second-order valence-corrected chi connectivity index (χ2v) is 9.09. The molecule has 178 valence electrons. The molecule has 2 aliphatic rings. The second kappa shape index (κ2) is 8.95. The Hall–Kier alpha value is -3.24. The van der Waals surface area contributed by atoms with E-state index in [-0.39, 0.29) is 49.2 Å². The van der Waals surface area contributed by atoms with Crippen molar-refractivity contribution in [2.75, 3.05) is 13.1 Å². The molecule has 0 radical (unpaired) electrons. The van der Waals surface area contributed by atoms with E-state index < -0.39 is 35.6 Å². The first kappa shape index (κ1) is 22.9. The molecular weight excluding hydrogens is 436 g/mol. The Labute approximate surface area is 188 Å². The molecule has 4 rings (SSSR count). The highest BCUT2D eigenvalue weighted by atomic mass is 19.3. The number of rotatable bonds is 7. The summed E-state index contributed by atoms with van der Waals surface area (Å²) in [4.78, 5) is 39.7. The number of nitrogens with zero attached hydrogens (tertiary/aromatic N) is 4. The Morgan fingerprint density at radius 3 is 2.64 bits per heavy atom. The lowest BCUT2D eigenvalue weighted by Gasteiger charge is -2.15. The first-order chi connectivity index (χ1) is 15.7. The number of aromatic hydroxyl groups is 1. The molecule has 9 nitrogen and oxygen atoms in total. The lowest BCUT2D eigenvalue weighted by Crippen LogP contribution is -2.36. The maximum atomic E-state index is 13.2. The quantitative estimate of drug-likeness (QED) is 0.610. The Kier molecular flexibility index (Phi) is 6.22. The minimum atomic E-state index is -2.47. The average molecular weight is 463 g/mol. The highest BCUT2D eigenvalue weighted by Gasteiger charge is 2.32. The highest BCUT2D eigenvalue weighted by Crippen LogP contribution is 2.25. The lowest BCUT2D eigenvalue weighted by molar-refractivity contribution is -0.125. The lowest BCUT2D eigenvalue weighted by atomic mass is 10.1. The van der Waals surface area contributed by atoms with Gasteiger partial charge in [0.05, 0.1) is 6.20 Å². The van der Waals surface area contributed by atoms with Crippen LogP contribution in [0.15, 0.2) is 17.1 Å². The van der Waals surface area contributed by atoms with Crippen molar-refractivity contribution in [1.82, 2.24) is 24.4 Å². The van der Waals surface area contributed by atoms with Crippen LogP contribution in [0.25, 0.3) is 11.7 Å². The predicted molar refractivity (Wildman–Crippen MR) is 116 cm³/mol. The Morgan fingerprint density at radius 1 is 1.30 bits per heavy atom. The van der Waals surface area contributed by atoms with Crippen LogP contribution in [0.2, 0.25) is 0 Å². The van der Waals surface area contributed by atoms with Crippen LogP contribution >= 0.6 is 0 Å². The molecule has 0 bridgehead atoms. The Balaban J connectivity index is 1.70. The number of nitrogens with one attached hydrogen (secondary N) is 1. The van der Waals surface area contributed by atoms with Crippen LogP contribution in [0.5, 0.6) is 5.88 Å². The van der Waals surface area contributed by atoms with Gasteiger partial charge in [-0.05, 0) is 31.3 Å². The van der Waals surface area contributed by atoms with Gasteiger partial charge >= 0.3 is 0 Å². The molecule has 2 fully saturated rings. The molecule has 2 amide bonds. The molecule has 1 saturated heterocycles. The van der Waals surface area contributed by atoms with Crippen molar-refractivity contribution in [1.29, 1.82) is 0 Å². The summed E-state index contributed by atoms with van der Waals surface area (Å²) in [6.07, 6.45) is 3.51. The molecule has 2 N–H and O–H groups in total. The van der Waals surface area contributed by atoms with Crippen molar-refractivity contribution < 1.29 is 23.5 Å². The number of likely N-dealkylation sites (tertiary alicyclic amines) is 1. The maximum Gasteiger partial charge on any atom is 0.270 e. The molecule has 33 heavy (non-hydrogen) atoms. The van der Waals surface area contributed by atoms with Gasteiger partial charge in [-0.1, -0.05) is 13.8 Å². The number of hydrogen-bond donors (Lipinski definition) is 2. The fourth-order valence-corrected chi connectivity index (χ4v) is 4.01. The van der Waals surface area contributed by atoms with Gasteiger partial charge in [0.15, 0.2) is 5.56 Å². The van der Waals surface area contributed by atoms with E-state index in [1.54, 1.807) is 0 Å². The van der Waals surface area contributed by atoms with Crippen LogP contribution in [-0.4, -0.2) is 61.6 Å². The summed E-state index contributed by atoms with van der Waals surface area (Å²) in [6.45, 7) is 4.32. The van der Waals surface area contributed by atoms with Gasteiger partial charge in [0, 0.05) is 43.2 Å². The van der Waals surface area contributed by atoms with Gasteiger partial charge in [0.1, 0.15) is 5.65 Å². The molecule has 1 unspecified atom stereocenters. The molecule has 1 aliphatic carbocycles. The third kappa shape index (κ3) is 4.62. The van der Waals surface area contributed by atoms with Gasteiger partial charge in [-0.2, -0.15) is 9.61 Å². The third-order valence-electron chi connectivity index (χ3n) is 5.90. The van der Waals surface area contributed by atoms with Crippen LogP contribution in [-0.2, 0) is 11.3 Å². The minimum absolute atomic E-state index is 0.00271. The maximum absolute atomic E-state index is 13.2. The van der Waals surface area contributed by atoms with Crippen molar-refractivity contribution in [2.24, 2.45) is 11.8 Å². The van der Waals surface area contributed by atoms with Crippen molar-refractivity contribution in [3.05, 3.63) is 33.8 Å². The van der Waals surface area contributed by atoms with E-state index in [1.165, 1.54) is 27.8 Å². The smallest absolute Gasteiger partial charge is 0.270 e. The zero-order valence-electron chi connectivity index (χ0n) is 18.5. The van der Waals surface area contributed by atoms with Gasteiger partial charge in [-0.25, -0.2) is 8.78 Å². The van der Waals surface area contributed by atoms with Crippen molar-refractivity contribution in [3.63, 3.8) is 0 Å². The molecule has 1 saturated carbocycles. The predicted octanol–water partition coefficient (Wildman–Crippen LogP) is 1.88. The Bertz CT molecular complexity index is 1170. The van der Waals surface area contributed by atoms with Crippen molar-refractivity contribution in [2.45, 2.75) is 52.1 Å². The molecule has 0 aromatic carbocycles. The van der Waals surface area contributed by atoms with Gasteiger partial charge in [-0.15, -0.1) is 0 Å². The number of halogens is 2. The largest absolute Gasteiger partial charge is 0.492 e. The fourth-order valence-electron chi connectivity index (χ4n) is 4.01. The van der Waals surface area contributed by atoms with E-state index in [9.17, 15) is 28.3 Å². The number of aromatic nitrogens is 3. The summed E-state index contributed by atoms with van der Waals surface area (Å²) in [7, 11) is 0. The number of fused-ring (bicyclic) bond motifs is 1. The number of carbonyl (C=O) groups is 2. The van der Waals surface area contributed by atoms with Gasteiger partial charge in [-0.3, -0.25) is 19.0 Å². The van der Waals surface area contributed by atoms with E-state index >= 15 is 0 Å². The zero-order valence-corrected chi connectivity index (χ0v) is 18.5. The van der Waals surface area contributed by atoms with Gasteiger partial charge in [0.25, 0.3) is 11.5 Å². The second-order valence-electron chi connectivity index (χ2n) is 9.09. The fraction of sp³-hybridized carbons (Fsp3) is 0.545. The summed E-state index contributed by atoms with van der Waals surface area (Å²) < 4.78 is 28.3. The van der Waals surface area contributed by atoms with Crippen molar-refractivity contribution in [3.8, 4) is 5.88 Å². The molecular formula is C22H27F2N5O4. The number of hydrogen-bond acceptors (Lipinski definition) is 5. The molecule has 11 heteroatoms. The highest BCUT2D eigenvalue weighted by molar-refractivity contribution is 5.97. The minimum Gasteiger partial charge on any atom is -0.492 e. The monoisotopic (exact) mass is 463 g/mol. The summed E-state index contributed by atoms with van der Waals surface area (Å²) in [5.74, 6) is -2.42. The van der Waals surface area contributed by atoms with Crippen LogP contribution in [0.3, 0.4) is 0 Å². The molecule has 3 heterocycles. The first-order valence-corrected chi connectivity index (χ1v) is 11.1. The zero-order chi connectivity index (χ0) is 23.9. The first-order valence-electron chi connectivity index (χ1n) is 11.1. The summed E-state index contributed by atoms with van der Waals surface area (Å²) in [5.41, 5.74) is -0.396. The van der Waals surface area contributed by atoms with Gasteiger partial charge < -0.3 is 15.3 Å². The average Bonchev–Trinajstić information content (AvgIpc) is 3.26. The van der Waals surface area contributed by atoms with E-state index in [4.69, 9.17) is 0 Å². The Morgan fingerprint density at radius 2 is 2.03 bits per heavy atom. The van der Waals surface area contributed by atoms with E-state index in [2.05, 4.69) is 10.4 Å². The summed E-state index contributed by atoms with van der Waals surface area (Å²) in [5, 5.41) is 17.5. The molecule has 2 aromatic heterocycles. The third-order valence-corrected chi connectivity index (χ3v) is 5.90. The van der Waals surface area contributed by atoms with E-state index in [0.717, 1.165) is 17.4 Å². The number of carbonyl (C=O) groups excluding carboxylic acids is 2. The number of amides is 2. The van der Waals surface area contributed by atoms with Crippen molar-refractivity contribution >= 4 is 23.5 Å². The molecule has 1 aliphatic heterocycles. The van der Waals surface area contributed by atoms with Crippen LogP contribution in [0, 0.1) is 11.8 Å². The van der Waals surface area contributed by atoms with Gasteiger partial charge in [0.2, 0.25) is 18.2 Å². The molecule has 1 atom stereocenters. The number of alkyl halides is 2. The summed E-state index contributed by atoms with van der Waals surface area (Å²) in [6, 6.07) is 0.00271. The van der Waals surface area contributed by atoms with Crippen LogP contribution in [0.1, 0.15) is 49.0 Å². The summed E-state index contributed by atoms with van der Waals surface area (Å²) >= 11 is 0. The topological polar surface area (TPSA) is 109 Å². The van der Waals surface area contributed by atoms with E-state index in [1.807, 2.05) is 13.8 Å². The molecule has 0 spiro atoms. The normalized spacial score (nSPS) is 18.8. The van der Waals surface area contributed by atoms with Crippen LogP contribution < -0.4 is 10.9 Å². The standard InChI is InChI=1S/C22H27F2N5O4/c1-12(2)10-28-20-13(3-6-16(30)27-8-7-14(11-27)18(23)24)9-25-29(20)22(33)17(21(28)32)19(31)26-15-4-5-15/h3,6,9,12,14-15,18,33H,4-5,7-8,10-11H2,1-2H3,(H,26,31).